The van der Waals surface area contributed by atoms with Crippen molar-refractivity contribution in [3.05, 3.63) is 32.7 Å². The first-order chi connectivity index (χ1) is 10.7. The smallest absolute Gasteiger partial charge is 0.271 e. The van der Waals surface area contributed by atoms with Crippen LogP contribution in [0.3, 0.4) is 0 Å². The summed E-state index contributed by atoms with van der Waals surface area (Å²) in [6.45, 7) is 2.72. The summed E-state index contributed by atoms with van der Waals surface area (Å²) in [7, 11) is 0. The van der Waals surface area contributed by atoms with Crippen LogP contribution in [0.2, 0.25) is 0 Å². The molecule has 22 heavy (non-hydrogen) atoms. The highest BCUT2D eigenvalue weighted by Crippen LogP contribution is 2.28. The second kappa shape index (κ2) is 6.60. The topological polar surface area (TPSA) is 63.5 Å². The van der Waals surface area contributed by atoms with Crippen molar-refractivity contribution in [2.45, 2.75) is 51.9 Å². The lowest BCUT2D eigenvalue weighted by atomic mass is 10.0. The molecule has 118 valence electrons. The van der Waals surface area contributed by atoms with Crippen molar-refractivity contribution < 1.29 is 4.79 Å². The number of carbonyl (C=O) groups is 1. The van der Waals surface area contributed by atoms with E-state index in [-0.39, 0.29) is 17.0 Å². The molecule has 2 heterocycles. The molecule has 6 heteroatoms. The molecule has 0 aromatic carbocycles. The third kappa shape index (κ3) is 2.79. The zero-order valence-electron chi connectivity index (χ0n) is 12.9. The predicted octanol–water partition coefficient (Wildman–Crippen LogP) is 2.55. The Balaban J connectivity index is 1.89. The van der Waals surface area contributed by atoms with E-state index in [1.54, 1.807) is 15.7 Å². The molecule has 1 amide bonds. The first-order valence-corrected chi connectivity index (χ1v) is 8.84. The van der Waals surface area contributed by atoms with Crippen molar-refractivity contribution in [2.24, 2.45) is 0 Å². The van der Waals surface area contributed by atoms with E-state index in [0.717, 1.165) is 44.2 Å². The van der Waals surface area contributed by atoms with E-state index in [4.69, 9.17) is 0 Å². The van der Waals surface area contributed by atoms with Crippen LogP contribution in [-0.2, 0) is 12.8 Å². The molecule has 0 saturated heterocycles. The molecule has 0 saturated carbocycles. The summed E-state index contributed by atoms with van der Waals surface area (Å²) in [5.74, 6) is -0.307. The van der Waals surface area contributed by atoms with Crippen molar-refractivity contribution in [3.8, 4) is 0 Å². The minimum absolute atomic E-state index is 0.153. The molecule has 2 aromatic heterocycles. The van der Waals surface area contributed by atoms with E-state index in [1.807, 2.05) is 0 Å². The van der Waals surface area contributed by atoms with E-state index < -0.39 is 0 Å². The molecule has 0 fully saturated rings. The first kappa shape index (κ1) is 15.2. The molecule has 2 aromatic rings. The highest BCUT2D eigenvalue weighted by atomic mass is 32.1. The number of hydrogen-bond acceptors (Lipinski definition) is 4. The fourth-order valence-electron chi connectivity index (χ4n) is 2.90. The molecular formula is C16H21N3O2S. The lowest BCUT2D eigenvalue weighted by molar-refractivity contribution is 0.0951. The van der Waals surface area contributed by atoms with Crippen LogP contribution in [0.4, 0.5) is 0 Å². The monoisotopic (exact) mass is 319 g/mol. The van der Waals surface area contributed by atoms with Gasteiger partial charge in [-0.15, -0.1) is 11.3 Å². The molecule has 0 radical (unpaired) electrons. The number of thiazole rings is 1. The van der Waals surface area contributed by atoms with E-state index in [1.165, 1.54) is 17.5 Å². The van der Waals surface area contributed by atoms with Crippen molar-refractivity contribution in [2.75, 3.05) is 6.54 Å². The lowest BCUT2D eigenvalue weighted by Crippen LogP contribution is -2.32. The van der Waals surface area contributed by atoms with Gasteiger partial charge in [0.05, 0.1) is 0 Å². The zero-order chi connectivity index (χ0) is 15.5. The highest BCUT2D eigenvalue weighted by Gasteiger charge is 2.21. The number of aromatic nitrogens is 2. The van der Waals surface area contributed by atoms with Gasteiger partial charge in [-0.25, -0.2) is 4.98 Å². The number of nitrogens with one attached hydrogen (secondary N) is 1. The number of hydrogen-bond donors (Lipinski definition) is 1. The third-order valence-corrected chi connectivity index (χ3v) is 5.27. The first-order valence-electron chi connectivity index (χ1n) is 8.03. The number of amides is 1. The molecule has 1 aliphatic carbocycles. The summed E-state index contributed by atoms with van der Waals surface area (Å²) in [4.78, 5) is 31.1. The summed E-state index contributed by atoms with van der Waals surface area (Å²) in [6.07, 6.45) is 8.72. The Morgan fingerprint density at radius 1 is 1.36 bits per heavy atom. The number of nitrogens with zero attached hydrogens (tertiary/aromatic N) is 2. The van der Waals surface area contributed by atoms with E-state index in [0.29, 0.717) is 11.5 Å². The minimum atomic E-state index is -0.307. The van der Waals surface area contributed by atoms with Crippen LogP contribution in [-0.4, -0.2) is 21.8 Å². The Labute approximate surface area is 133 Å². The zero-order valence-corrected chi connectivity index (χ0v) is 13.7. The van der Waals surface area contributed by atoms with Crippen LogP contribution in [0.5, 0.6) is 0 Å². The van der Waals surface area contributed by atoms with Crippen LogP contribution < -0.4 is 10.9 Å². The largest absolute Gasteiger partial charge is 0.352 e. The molecule has 0 atom stereocenters. The second-order valence-corrected chi connectivity index (χ2v) is 6.80. The standard InChI is InChI=1S/C16H21N3O2S/c1-2-3-6-9-17-14(20)11-10-18-16-19(15(11)21)12-7-4-5-8-13(12)22-16/h10H,2-9H2,1H3,(H,17,20). The van der Waals surface area contributed by atoms with E-state index >= 15 is 0 Å². The van der Waals surface area contributed by atoms with Gasteiger partial charge in [0.2, 0.25) is 0 Å². The molecule has 0 unspecified atom stereocenters. The van der Waals surface area contributed by atoms with E-state index in [9.17, 15) is 9.59 Å². The number of rotatable bonds is 5. The van der Waals surface area contributed by atoms with Crippen LogP contribution in [0.1, 0.15) is 60.0 Å². The summed E-state index contributed by atoms with van der Waals surface area (Å²) < 4.78 is 1.65. The maximum absolute atomic E-state index is 12.7. The van der Waals surface area contributed by atoms with Crippen LogP contribution in [0, 0.1) is 0 Å². The predicted molar refractivity (Wildman–Crippen MR) is 87.8 cm³/mol. The van der Waals surface area contributed by atoms with Crippen molar-refractivity contribution in [3.63, 3.8) is 0 Å². The van der Waals surface area contributed by atoms with Crippen molar-refractivity contribution >= 4 is 22.2 Å². The Kier molecular flexibility index (Phi) is 4.57. The quantitative estimate of drug-likeness (QED) is 0.862. The SMILES string of the molecule is CCCCCNC(=O)c1cnc2sc3c(n2c1=O)CCCC3. The maximum atomic E-state index is 12.7. The number of fused-ring (bicyclic) bond motifs is 3. The van der Waals surface area contributed by atoms with Crippen LogP contribution in [0.15, 0.2) is 11.0 Å². The summed E-state index contributed by atoms with van der Waals surface area (Å²) in [5.41, 5.74) is 0.988. The van der Waals surface area contributed by atoms with Crippen LogP contribution >= 0.6 is 11.3 Å². The molecule has 3 rings (SSSR count). The van der Waals surface area contributed by atoms with Gasteiger partial charge in [0.25, 0.3) is 11.5 Å². The molecule has 0 bridgehead atoms. The fraction of sp³-hybridized carbons (Fsp3) is 0.562. The van der Waals surface area contributed by atoms with Gasteiger partial charge in [0.1, 0.15) is 5.56 Å². The molecule has 1 N–H and O–H groups in total. The number of aryl methyl sites for hydroxylation is 2. The Hall–Kier alpha value is -1.69. The second-order valence-electron chi connectivity index (χ2n) is 5.74. The number of unbranched alkanes of at least 4 members (excludes halogenated alkanes) is 2. The maximum Gasteiger partial charge on any atom is 0.271 e. The van der Waals surface area contributed by atoms with Gasteiger partial charge in [-0.05, 0) is 32.1 Å². The highest BCUT2D eigenvalue weighted by molar-refractivity contribution is 7.17. The minimum Gasteiger partial charge on any atom is -0.352 e. The number of carbonyl (C=O) groups excluding carboxylic acids is 1. The van der Waals surface area contributed by atoms with Gasteiger partial charge in [0, 0.05) is 23.3 Å². The van der Waals surface area contributed by atoms with Gasteiger partial charge in [-0.2, -0.15) is 0 Å². The lowest BCUT2D eigenvalue weighted by Gasteiger charge is -2.10. The summed E-state index contributed by atoms with van der Waals surface area (Å²) in [5, 5.41) is 2.82. The molecule has 1 aliphatic rings. The summed E-state index contributed by atoms with van der Waals surface area (Å²) in [6, 6.07) is 0. The van der Waals surface area contributed by atoms with Crippen LogP contribution in [0.25, 0.3) is 4.96 Å². The van der Waals surface area contributed by atoms with Crippen molar-refractivity contribution in [1.29, 1.82) is 0 Å². The molecular weight excluding hydrogens is 298 g/mol. The van der Waals surface area contributed by atoms with Gasteiger partial charge in [-0.1, -0.05) is 19.8 Å². The Bertz CT molecular complexity index is 748. The van der Waals surface area contributed by atoms with Gasteiger partial charge in [-0.3, -0.25) is 14.0 Å². The van der Waals surface area contributed by atoms with Crippen molar-refractivity contribution in [1.82, 2.24) is 14.7 Å². The molecule has 0 aliphatic heterocycles. The fourth-order valence-corrected chi connectivity index (χ4v) is 4.06. The molecule has 5 nitrogen and oxygen atoms in total. The average molecular weight is 319 g/mol. The van der Waals surface area contributed by atoms with E-state index in [2.05, 4.69) is 17.2 Å². The van der Waals surface area contributed by atoms with Gasteiger partial charge in [0.15, 0.2) is 4.96 Å². The Morgan fingerprint density at radius 2 is 2.18 bits per heavy atom. The molecule has 0 spiro atoms. The average Bonchev–Trinajstić information content (AvgIpc) is 2.91. The van der Waals surface area contributed by atoms with Gasteiger partial charge >= 0.3 is 0 Å². The van der Waals surface area contributed by atoms with Gasteiger partial charge < -0.3 is 5.32 Å². The summed E-state index contributed by atoms with van der Waals surface area (Å²) >= 11 is 1.58. The normalized spacial score (nSPS) is 14.0. The Morgan fingerprint density at radius 3 is 3.00 bits per heavy atom. The third-order valence-electron chi connectivity index (χ3n) is 4.11.